The van der Waals surface area contributed by atoms with Crippen LogP contribution in [-0.2, 0) is 123 Å². The van der Waals surface area contributed by atoms with E-state index in [2.05, 4.69) is 90.0 Å². The van der Waals surface area contributed by atoms with Crippen molar-refractivity contribution in [2.45, 2.75) is 397 Å². The van der Waals surface area contributed by atoms with Gasteiger partial charge in [-0.3, -0.25) is 9.59 Å². The van der Waals surface area contributed by atoms with Crippen LogP contribution in [-0.4, -0.2) is 295 Å². The second-order valence-electron chi connectivity index (χ2n) is 38.1. The molecule has 9 unspecified atom stereocenters. The summed E-state index contributed by atoms with van der Waals surface area (Å²) in [5, 5.41) is 39.0. The molecule has 0 aromatic heterocycles. The first-order valence-corrected chi connectivity index (χ1v) is 43.9. The Bertz CT molecular complexity index is 3100. The number of aliphatic hydroxyl groups is 4. The number of ketones is 2. The maximum Gasteiger partial charge on any atom is 0.338 e. The van der Waals surface area contributed by atoms with E-state index in [1.165, 1.54) is 0 Å². The van der Waals surface area contributed by atoms with Gasteiger partial charge in [-0.15, -0.1) is 0 Å². The maximum atomic E-state index is 11.5. The van der Waals surface area contributed by atoms with Gasteiger partial charge in [-0.25, -0.2) is 14.4 Å². The van der Waals surface area contributed by atoms with Gasteiger partial charge in [0.1, 0.15) is 91.6 Å². The number of Topliss-reactive ketones (excluding diaryl/α,β-unsaturated/α-hetero) is 2. The fourth-order valence-corrected chi connectivity index (χ4v) is 25.5. The van der Waals surface area contributed by atoms with E-state index in [-0.39, 0.29) is 242 Å². The molecule has 0 radical (unpaired) electrons. The SMILES string of the molecule is CC.CC.C[C@@H]1C2O[C@H]3OC(=O)[C@H](O[C@H]31)[C@H]2C.C[C@@H]1[C@@H]2OC3C(=O)[C@H]1O[C@@H]3[C@H]2C.C[C@@H]1[C@@H]2OC3C(=O)[C@H]1O[C@@H]3[C@H]2C.C[C@@H]1[C@@H]2OC3OC(=O)[C@H]1O[C@@H]3[C@H]2C.C[C@@H]1[C@@H]2OC3OC(=O)[C@H]1O[C@@H]3[C@H]2C.C[C@@H]1[C@@H]2OC3[C@@H](O)[C@H]1O[C@@H]3[C@H]2C.C[C@@H]1[C@@H]2OC3[C@@H](O)[C@H]1O[C@@H]3[C@H]2C.C[C@@H]1[C@@H]2OC3[C@@H](O)[C@H]1O[C@@H]3[C@H]2C.C[C@@H]1[C@@H]2OC3[C@H]1O[C@H]([C@H]2C)[C@H]3O. The van der Waals surface area contributed by atoms with Crippen LogP contribution in [0.25, 0.3) is 0 Å². The van der Waals surface area contributed by atoms with Crippen molar-refractivity contribution in [3.63, 3.8) is 0 Å². The third kappa shape index (κ3) is 12.8. The average molecular weight is 1630 g/mol. The molecule has 4 N–H and O–H groups in total. The number of esters is 3. The zero-order valence-electron chi connectivity index (χ0n) is 70.4. The standard InChI is InChI=1S/3C9H12O4.4C9H14O3.2C9H12O3.2C2H6/c3*1-3-5-4(2)7-9(12-5)13-8(10)6(3)11-7;6*1-3-6-4(2)8-9(11-6)5(10)7(3)12-8;2*1-2/h3*3-7,9H,1-2H3;4*3-10H,1-2H3;2*3-4,6-9H,1-2H3;2*1-2H3/t3-,4+,5?,6+,7-,9-;2*3-,4+,5+,6+,7-,9?;4*3-,4+,5+,6+,7+,8-,9?;2*3-,4+,6+,7+,8-,9?;;/m011111011../s1. The van der Waals surface area contributed by atoms with Crippen molar-refractivity contribution in [2.24, 2.45) is 107 Å². The van der Waals surface area contributed by atoms with E-state index in [0.717, 1.165) is 0 Å². The van der Waals surface area contributed by atoms with E-state index in [4.69, 9.17) is 99.5 Å². The Morgan fingerprint density at radius 2 is 0.330 bits per heavy atom. The second-order valence-corrected chi connectivity index (χ2v) is 38.1. The molecule has 58 atom stereocenters. The fourth-order valence-electron chi connectivity index (χ4n) is 25.5. The van der Waals surface area contributed by atoms with Crippen LogP contribution in [0.5, 0.6) is 0 Å². The summed E-state index contributed by atoms with van der Waals surface area (Å²) in [5.74, 6) is 5.46. The van der Waals surface area contributed by atoms with E-state index < -0.39 is 37.2 Å². The van der Waals surface area contributed by atoms with Gasteiger partial charge in [0.2, 0.25) is 18.9 Å². The molecule has 0 spiro atoms. The molecule has 33 aliphatic rings. The van der Waals surface area contributed by atoms with Crippen LogP contribution >= 0.6 is 0 Å². The predicted molar refractivity (Wildman–Crippen MR) is 396 cm³/mol. The molecule has 648 valence electrons. The molecule has 33 aliphatic heterocycles. The number of hydrogen-bond donors (Lipinski definition) is 4. The minimum absolute atomic E-state index is 0.0359. The molecule has 33 rings (SSSR count). The van der Waals surface area contributed by atoms with E-state index >= 15 is 0 Å². The van der Waals surface area contributed by atoms with Crippen LogP contribution in [0, 0.1) is 107 Å². The third-order valence-electron chi connectivity index (χ3n) is 31.9. The Morgan fingerprint density at radius 1 is 0.165 bits per heavy atom. The highest BCUT2D eigenvalue weighted by molar-refractivity contribution is 5.92. The lowest BCUT2D eigenvalue weighted by Crippen LogP contribution is -2.53. The van der Waals surface area contributed by atoms with E-state index in [1.54, 1.807) is 0 Å². The lowest BCUT2D eigenvalue weighted by molar-refractivity contribution is -0.226. The van der Waals surface area contributed by atoms with Crippen LogP contribution in [0.3, 0.4) is 0 Å². The number of carbonyl (C=O) groups is 5. The summed E-state index contributed by atoms with van der Waals surface area (Å²) >= 11 is 0. The molecule has 33 heterocycles. The summed E-state index contributed by atoms with van der Waals surface area (Å²) in [4.78, 5) is 57.1. The van der Waals surface area contributed by atoms with Gasteiger partial charge >= 0.3 is 17.9 Å². The minimum atomic E-state index is -0.450. The van der Waals surface area contributed by atoms with Crippen molar-refractivity contribution >= 4 is 29.5 Å². The van der Waals surface area contributed by atoms with Crippen molar-refractivity contribution in [2.75, 3.05) is 0 Å². The highest BCUT2D eigenvalue weighted by atomic mass is 16.8. The molecular formula is C85H128O30. The molecular weight excluding hydrogens is 1500 g/mol. The molecule has 33 saturated heterocycles. The van der Waals surface area contributed by atoms with Crippen LogP contribution in [0.1, 0.15) is 152 Å². The van der Waals surface area contributed by atoms with Crippen LogP contribution < -0.4 is 0 Å². The molecule has 0 aromatic carbocycles. The van der Waals surface area contributed by atoms with Gasteiger partial charge in [0.15, 0.2) is 29.9 Å². The smallest absolute Gasteiger partial charge is 0.338 e. The van der Waals surface area contributed by atoms with Crippen molar-refractivity contribution in [1.29, 1.82) is 0 Å². The quantitative estimate of drug-likeness (QED) is 0.193. The molecule has 0 amide bonds. The first-order chi connectivity index (χ1) is 54.7. The molecule has 33 fully saturated rings. The van der Waals surface area contributed by atoms with Crippen LogP contribution in [0.15, 0.2) is 0 Å². The minimum Gasteiger partial charge on any atom is -0.431 e. The van der Waals surface area contributed by atoms with Gasteiger partial charge in [-0.05, 0) is 0 Å². The molecule has 30 nitrogen and oxygen atoms in total. The Labute approximate surface area is 674 Å². The number of rotatable bonds is 0. The molecule has 33 bridgehead atoms. The van der Waals surface area contributed by atoms with E-state index in [9.17, 15) is 44.4 Å². The zero-order chi connectivity index (χ0) is 82.2. The van der Waals surface area contributed by atoms with Crippen LogP contribution in [0.2, 0.25) is 0 Å². The number of fused-ring (bicyclic) bond motifs is 6. The van der Waals surface area contributed by atoms with Gasteiger partial charge < -0.3 is 120 Å². The topological polar surface area (TPSA) is 360 Å². The summed E-state index contributed by atoms with van der Waals surface area (Å²) in [6, 6.07) is 0. The summed E-state index contributed by atoms with van der Waals surface area (Å²) in [6.07, 6.45) is -2.03. The Morgan fingerprint density at radius 3 is 0.557 bits per heavy atom. The van der Waals surface area contributed by atoms with E-state index in [0.29, 0.717) is 101 Å². The monoisotopic (exact) mass is 1630 g/mol. The summed E-state index contributed by atoms with van der Waals surface area (Å²) in [5.41, 5.74) is 0. The lowest BCUT2D eigenvalue weighted by atomic mass is 9.84. The first-order valence-electron chi connectivity index (χ1n) is 43.9. The summed E-state index contributed by atoms with van der Waals surface area (Å²) < 4.78 is 117. The van der Waals surface area contributed by atoms with Crippen LogP contribution in [0.4, 0.5) is 0 Å². The Hall–Kier alpha value is -3.13. The van der Waals surface area contributed by atoms with Crippen molar-refractivity contribution in [3.8, 4) is 0 Å². The van der Waals surface area contributed by atoms with Gasteiger partial charge in [0.25, 0.3) is 0 Å². The maximum absolute atomic E-state index is 11.5. The summed E-state index contributed by atoms with van der Waals surface area (Å²) in [6.45, 7) is 45.5. The number of aliphatic hydroxyl groups excluding tert-OH is 4. The number of ether oxygens (including phenoxy) is 21. The molecule has 0 saturated carbocycles. The Balaban J connectivity index is 0.0000000927. The van der Waals surface area contributed by atoms with Gasteiger partial charge in [-0.1, -0.05) is 152 Å². The van der Waals surface area contributed by atoms with Gasteiger partial charge in [0, 0.05) is 107 Å². The Kier molecular flexibility index (Phi) is 22.9. The highest BCUT2D eigenvalue weighted by Gasteiger charge is 2.70. The van der Waals surface area contributed by atoms with Crippen molar-refractivity contribution in [1.82, 2.24) is 0 Å². The molecule has 30 heteroatoms. The second kappa shape index (κ2) is 31.3. The number of carbonyl (C=O) groups excluding carboxylic acids is 5. The normalized spacial score (nSPS) is 61.0. The fraction of sp³-hybridized carbons (Fsp3) is 0.941. The van der Waals surface area contributed by atoms with Crippen molar-refractivity contribution < 1.29 is 144 Å². The zero-order valence-corrected chi connectivity index (χ0v) is 70.4. The molecule has 0 aromatic rings. The van der Waals surface area contributed by atoms with Gasteiger partial charge in [0.05, 0.1) is 116 Å². The van der Waals surface area contributed by atoms with E-state index in [1.807, 2.05) is 62.3 Å². The molecule has 0 aliphatic carbocycles. The molecule has 115 heavy (non-hydrogen) atoms. The largest absolute Gasteiger partial charge is 0.431 e. The van der Waals surface area contributed by atoms with Crippen molar-refractivity contribution in [3.05, 3.63) is 0 Å². The number of hydrogen-bond acceptors (Lipinski definition) is 30. The lowest BCUT2D eigenvalue weighted by Gasteiger charge is -2.38. The third-order valence-corrected chi connectivity index (χ3v) is 31.9. The van der Waals surface area contributed by atoms with Gasteiger partial charge in [-0.2, -0.15) is 0 Å². The summed E-state index contributed by atoms with van der Waals surface area (Å²) in [7, 11) is 0. The first kappa shape index (κ1) is 84.1. The predicted octanol–water partition coefficient (Wildman–Crippen LogP) is 4.40. The highest BCUT2D eigenvalue weighted by Crippen LogP contribution is 2.56. The average Bonchev–Trinajstić information content (AvgIpc) is 1.57.